The van der Waals surface area contributed by atoms with E-state index in [1.54, 1.807) is 0 Å². The molecule has 0 spiro atoms. The third kappa shape index (κ3) is 5.47. The summed E-state index contributed by atoms with van der Waals surface area (Å²) < 4.78 is 2.40. The van der Waals surface area contributed by atoms with Crippen LogP contribution in [0.4, 0.5) is 0 Å². The van der Waals surface area contributed by atoms with Gasteiger partial charge in [-0.1, -0.05) is 85.5 Å². The summed E-state index contributed by atoms with van der Waals surface area (Å²) in [6, 6.07) is 8.67. The van der Waals surface area contributed by atoms with Crippen molar-refractivity contribution in [3.63, 3.8) is 0 Å². The van der Waals surface area contributed by atoms with Crippen molar-refractivity contribution in [1.29, 1.82) is 0 Å². The summed E-state index contributed by atoms with van der Waals surface area (Å²) in [5, 5.41) is 3.93. The molecule has 0 amide bonds. The Morgan fingerprint density at radius 3 is 2.80 bits per heavy atom. The fourth-order valence-corrected chi connectivity index (χ4v) is 6.10. The second kappa shape index (κ2) is 12.0. The van der Waals surface area contributed by atoms with E-state index in [4.69, 9.17) is 17.3 Å². The zero-order chi connectivity index (χ0) is 27.3. The van der Waals surface area contributed by atoms with E-state index in [0.717, 1.165) is 67.7 Å². The van der Waals surface area contributed by atoms with Gasteiger partial charge in [-0.3, -0.25) is 0 Å². The van der Waals surface area contributed by atoms with Gasteiger partial charge in [0.15, 0.2) is 5.82 Å². The number of aromatic nitrogens is 2. The molecule has 0 fully saturated rings. The fraction of sp³-hybridized carbons (Fsp3) is 0.286. The largest absolute Gasteiger partial charge is 0.374 e. The Bertz CT molecular complexity index is 1510. The number of allylic oxidation sites excluding steroid dienone is 12. The standard InChI is InChI=1S/C35H39N5/c1-26(39(28-16-5-2-3-6-17-28)30-20-10-9-15-27(36)25-30)31-21-11-12-23-33(37-31)35-38-32-22-13-14-24-34(32)40(35)29-18-7-4-8-19-29/h2-9,13-16,18,22-25,27,29,31,37H,1,10-12,17,19-21,36H2. The Morgan fingerprint density at radius 1 is 1.00 bits per heavy atom. The predicted octanol–water partition coefficient (Wildman–Crippen LogP) is 7.35. The van der Waals surface area contributed by atoms with E-state index in [2.05, 4.69) is 118 Å². The average Bonchev–Trinajstić information content (AvgIpc) is 3.25. The number of hydrogen-bond acceptors (Lipinski definition) is 4. The molecule has 0 saturated heterocycles. The van der Waals surface area contributed by atoms with Crippen LogP contribution < -0.4 is 11.1 Å². The second-order valence-electron chi connectivity index (χ2n) is 10.9. The zero-order valence-corrected chi connectivity index (χ0v) is 23.1. The Kier molecular flexibility index (Phi) is 7.83. The van der Waals surface area contributed by atoms with Crippen molar-refractivity contribution in [2.75, 3.05) is 0 Å². The lowest BCUT2D eigenvalue weighted by Crippen LogP contribution is -2.37. The lowest BCUT2D eigenvalue weighted by Gasteiger charge is -2.36. The van der Waals surface area contributed by atoms with Gasteiger partial charge in [-0.25, -0.2) is 4.98 Å². The van der Waals surface area contributed by atoms with Crippen molar-refractivity contribution < 1.29 is 0 Å². The number of rotatable bonds is 6. The van der Waals surface area contributed by atoms with Gasteiger partial charge in [0, 0.05) is 29.6 Å². The maximum atomic E-state index is 6.44. The Hall–Kier alpha value is -4.09. The first kappa shape index (κ1) is 26.1. The van der Waals surface area contributed by atoms with Crippen molar-refractivity contribution >= 4 is 16.7 Å². The molecule has 5 heteroatoms. The molecule has 2 heterocycles. The Morgan fingerprint density at radius 2 is 1.90 bits per heavy atom. The minimum Gasteiger partial charge on any atom is -0.374 e. The van der Waals surface area contributed by atoms with Gasteiger partial charge in [0.1, 0.15) is 0 Å². The maximum absolute atomic E-state index is 6.44. The number of nitrogens with one attached hydrogen (secondary N) is 1. The number of benzene rings is 1. The smallest absolute Gasteiger partial charge is 0.157 e. The molecule has 2 aromatic rings. The van der Waals surface area contributed by atoms with Gasteiger partial charge in [0.25, 0.3) is 0 Å². The summed E-state index contributed by atoms with van der Waals surface area (Å²) in [6.45, 7) is 4.74. The summed E-state index contributed by atoms with van der Waals surface area (Å²) in [5.74, 6) is 0.997. The first-order valence-corrected chi connectivity index (χ1v) is 14.6. The van der Waals surface area contributed by atoms with Crippen molar-refractivity contribution in [2.45, 2.75) is 63.1 Å². The van der Waals surface area contributed by atoms with Crippen molar-refractivity contribution in [1.82, 2.24) is 19.8 Å². The van der Waals surface area contributed by atoms with Gasteiger partial charge >= 0.3 is 0 Å². The topological polar surface area (TPSA) is 59.1 Å². The lowest BCUT2D eigenvalue weighted by atomic mass is 10.0. The van der Waals surface area contributed by atoms with Crippen LogP contribution in [0.2, 0.25) is 0 Å². The van der Waals surface area contributed by atoms with Crippen LogP contribution in [-0.2, 0) is 0 Å². The predicted molar refractivity (Wildman–Crippen MR) is 167 cm³/mol. The third-order valence-electron chi connectivity index (χ3n) is 8.05. The highest BCUT2D eigenvalue weighted by Gasteiger charge is 2.28. The highest BCUT2D eigenvalue weighted by atomic mass is 15.2. The van der Waals surface area contributed by atoms with Gasteiger partial charge in [-0.2, -0.15) is 0 Å². The molecule has 5 nitrogen and oxygen atoms in total. The van der Waals surface area contributed by atoms with Crippen LogP contribution in [0.25, 0.3) is 16.7 Å². The molecular formula is C35H39N5. The first-order valence-electron chi connectivity index (χ1n) is 14.6. The molecule has 1 aliphatic heterocycles. The van der Waals surface area contributed by atoms with Crippen LogP contribution in [0.1, 0.15) is 56.8 Å². The third-order valence-corrected chi connectivity index (χ3v) is 8.05. The van der Waals surface area contributed by atoms with Crippen LogP contribution in [0, 0.1) is 0 Å². The molecule has 4 aliphatic rings. The van der Waals surface area contributed by atoms with Crippen LogP contribution >= 0.6 is 0 Å². The molecule has 1 aromatic heterocycles. The van der Waals surface area contributed by atoms with Crippen molar-refractivity contribution in [3.8, 4) is 0 Å². The molecule has 1 aromatic carbocycles. The fourth-order valence-electron chi connectivity index (χ4n) is 6.10. The van der Waals surface area contributed by atoms with E-state index in [-0.39, 0.29) is 18.1 Å². The molecule has 3 atom stereocenters. The van der Waals surface area contributed by atoms with Gasteiger partial charge in [0.05, 0.1) is 28.8 Å². The normalized spacial score (nSPS) is 24.4. The van der Waals surface area contributed by atoms with Crippen molar-refractivity contribution in [3.05, 3.63) is 133 Å². The average molecular weight is 530 g/mol. The summed E-state index contributed by atoms with van der Waals surface area (Å²) in [6.07, 6.45) is 35.2. The number of fused-ring (bicyclic) bond motifs is 1. The molecule has 3 N–H and O–H groups in total. The molecule has 0 saturated carbocycles. The van der Waals surface area contributed by atoms with Gasteiger partial charge in [-0.15, -0.1) is 0 Å². The molecule has 40 heavy (non-hydrogen) atoms. The Balaban J connectivity index is 1.36. The van der Waals surface area contributed by atoms with Gasteiger partial charge in [0.2, 0.25) is 0 Å². The number of nitrogens with two attached hydrogens (primary N) is 1. The summed E-state index contributed by atoms with van der Waals surface area (Å²) >= 11 is 0. The first-order chi connectivity index (χ1) is 19.7. The molecule has 0 radical (unpaired) electrons. The number of imidazole rings is 1. The zero-order valence-electron chi connectivity index (χ0n) is 23.1. The molecule has 6 rings (SSSR count). The summed E-state index contributed by atoms with van der Waals surface area (Å²) in [7, 11) is 0. The summed E-state index contributed by atoms with van der Waals surface area (Å²) in [4.78, 5) is 7.55. The van der Waals surface area contributed by atoms with E-state index in [1.807, 2.05) is 0 Å². The molecule has 0 bridgehead atoms. The van der Waals surface area contributed by atoms with Gasteiger partial charge in [-0.05, 0) is 62.8 Å². The van der Waals surface area contributed by atoms with Crippen LogP contribution in [0.5, 0.6) is 0 Å². The van der Waals surface area contributed by atoms with Crippen LogP contribution in [0.15, 0.2) is 127 Å². The monoisotopic (exact) mass is 529 g/mol. The van der Waals surface area contributed by atoms with Crippen LogP contribution in [-0.4, -0.2) is 26.5 Å². The number of hydrogen-bond donors (Lipinski definition) is 2. The number of nitrogens with zero attached hydrogens (tertiary/aromatic N) is 3. The van der Waals surface area contributed by atoms with E-state index < -0.39 is 0 Å². The molecular weight excluding hydrogens is 490 g/mol. The van der Waals surface area contributed by atoms with E-state index >= 15 is 0 Å². The second-order valence-corrected chi connectivity index (χ2v) is 10.9. The SMILES string of the molecule is C=C(C1CCCC=C(c2nc3ccccc3n2C2C=CC=CC2)N1)N(C1=CC=CC=CC1)C1=CC(N)C=CCC1. The highest BCUT2D eigenvalue weighted by Crippen LogP contribution is 2.34. The minimum atomic E-state index is -0.0969. The van der Waals surface area contributed by atoms with E-state index in [9.17, 15) is 0 Å². The molecule has 3 unspecified atom stereocenters. The lowest BCUT2D eigenvalue weighted by molar-refractivity contribution is 0.424. The highest BCUT2D eigenvalue weighted by molar-refractivity contribution is 5.80. The van der Waals surface area contributed by atoms with Gasteiger partial charge < -0.3 is 20.5 Å². The maximum Gasteiger partial charge on any atom is 0.157 e. The van der Waals surface area contributed by atoms with E-state index in [0.29, 0.717) is 0 Å². The molecule has 204 valence electrons. The Labute approximate surface area is 237 Å². The minimum absolute atomic E-state index is 0.0641. The quantitative estimate of drug-likeness (QED) is 0.384. The molecule has 3 aliphatic carbocycles. The van der Waals surface area contributed by atoms with E-state index in [1.165, 1.54) is 16.9 Å². The summed E-state index contributed by atoms with van der Waals surface area (Å²) in [5.41, 5.74) is 13.2. The van der Waals surface area contributed by atoms with Crippen molar-refractivity contribution in [2.24, 2.45) is 5.73 Å². The number of para-hydroxylation sites is 2. The van der Waals surface area contributed by atoms with Crippen LogP contribution in [0.3, 0.4) is 0 Å².